The van der Waals surface area contributed by atoms with E-state index in [1.54, 1.807) is 12.1 Å². The molecule has 9 N–H and O–H groups in total. The lowest BCUT2D eigenvalue weighted by Gasteiger charge is -2.39. The minimum Gasteiger partial charge on any atom is -0.507 e. The van der Waals surface area contributed by atoms with Gasteiger partial charge in [-0.3, -0.25) is 4.79 Å². The highest BCUT2D eigenvalue weighted by Crippen LogP contribution is 2.38. The van der Waals surface area contributed by atoms with E-state index in [-0.39, 0.29) is 22.7 Å². The van der Waals surface area contributed by atoms with Gasteiger partial charge in [0.25, 0.3) is 0 Å². The summed E-state index contributed by atoms with van der Waals surface area (Å²) in [6, 6.07) is 8.27. The molecule has 2 fully saturated rings. The van der Waals surface area contributed by atoms with Crippen molar-refractivity contribution in [2.24, 2.45) is 0 Å². The fraction of sp³-hybridized carbons (Fsp3) is 0.464. The third-order valence-corrected chi connectivity index (χ3v) is 7.44. The minimum atomic E-state index is -1.87. The third kappa shape index (κ3) is 5.80. The molecule has 0 amide bonds. The lowest BCUT2D eigenvalue weighted by Crippen LogP contribution is -2.60. The maximum atomic E-state index is 13.8. The summed E-state index contributed by atoms with van der Waals surface area (Å²) >= 11 is 0. The van der Waals surface area contributed by atoms with Gasteiger partial charge in [0.05, 0.1) is 20.3 Å². The maximum absolute atomic E-state index is 13.8. The summed E-state index contributed by atoms with van der Waals surface area (Å²) in [5.74, 6) is -1.22. The van der Waals surface area contributed by atoms with E-state index in [0.717, 1.165) is 6.07 Å². The van der Waals surface area contributed by atoms with Gasteiger partial charge in [0, 0.05) is 17.7 Å². The summed E-state index contributed by atoms with van der Waals surface area (Å²) in [5, 5.41) is 90.7. The number of phenols is 1. The molecular formula is C28H32O16. The molecule has 240 valence electrons. The molecule has 16 nitrogen and oxygen atoms in total. The van der Waals surface area contributed by atoms with Crippen molar-refractivity contribution in [1.29, 1.82) is 0 Å². The second-order valence-electron chi connectivity index (χ2n) is 10.3. The standard InChI is InChI=1S/C28H32O16/c1-39-11-4-2-10(3-5-11)25-26(44-28-24(38)22(36)19(33)16(9-30)43-28)20(34)17-13(31)6-12(7-14(17)41-25)40-27-23(37)21(35)18(32)15(8-29)42-27/h2-7,15-16,18-19,21-24,27-33,35-38H,8-9H2,1H3/t15-,16-,18-,19-,21+,22+,23-,24-,27-,28+/m1/s1. The summed E-state index contributed by atoms with van der Waals surface area (Å²) in [6.07, 6.45) is -16.5. The van der Waals surface area contributed by atoms with E-state index in [0.29, 0.717) is 5.75 Å². The normalized spacial score (nSPS) is 32.4. The zero-order valence-electron chi connectivity index (χ0n) is 23.0. The van der Waals surface area contributed by atoms with Gasteiger partial charge in [0.15, 0.2) is 5.76 Å². The van der Waals surface area contributed by atoms with Crippen LogP contribution in [0.3, 0.4) is 0 Å². The first kappa shape index (κ1) is 31.9. The van der Waals surface area contributed by atoms with E-state index in [1.165, 1.54) is 25.3 Å². The molecule has 2 aliphatic heterocycles. The van der Waals surface area contributed by atoms with Crippen molar-refractivity contribution >= 4 is 11.0 Å². The molecule has 10 atom stereocenters. The quantitative estimate of drug-likeness (QED) is 0.126. The van der Waals surface area contributed by atoms with Crippen LogP contribution in [0, 0.1) is 0 Å². The maximum Gasteiger partial charge on any atom is 0.239 e. The number of benzene rings is 2. The van der Waals surface area contributed by atoms with Crippen LogP contribution in [-0.4, -0.2) is 128 Å². The third-order valence-electron chi connectivity index (χ3n) is 7.44. The molecule has 2 aliphatic rings. The Hall–Kier alpha value is -3.55. The highest BCUT2D eigenvalue weighted by atomic mass is 16.7. The largest absolute Gasteiger partial charge is 0.507 e. The Kier molecular flexibility index (Phi) is 9.28. The number of hydrogen-bond donors (Lipinski definition) is 9. The summed E-state index contributed by atoms with van der Waals surface area (Å²) in [6.45, 7) is -1.45. The summed E-state index contributed by atoms with van der Waals surface area (Å²) in [4.78, 5) is 13.8. The van der Waals surface area contributed by atoms with Crippen LogP contribution in [0.2, 0.25) is 0 Å². The van der Waals surface area contributed by atoms with Gasteiger partial charge in [-0.05, 0) is 24.3 Å². The van der Waals surface area contributed by atoms with Crippen LogP contribution in [0.5, 0.6) is 23.0 Å². The smallest absolute Gasteiger partial charge is 0.239 e. The second kappa shape index (κ2) is 12.8. The first-order valence-electron chi connectivity index (χ1n) is 13.4. The van der Waals surface area contributed by atoms with Crippen molar-refractivity contribution < 1.29 is 74.1 Å². The molecule has 0 unspecified atom stereocenters. The summed E-state index contributed by atoms with van der Waals surface area (Å²) in [7, 11) is 1.44. The molecule has 1 aromatic heterocycles. The van der Waals surface area contributed by atoms with Crippen LogP contribution in [0.25, 0.3) is 22.3 Å². The molecule has 3 heterocycles. The highest BCUT2D eigenvalue weighted by molar-refractivity contribution is 5.88. The molecule has 2 saturated heterocycles. The van der Waals surface area contributed by atoms with Crippen molar-refractivity contribution in [2.75, 3.05) is 20.3 Å². The van der Waals surface area contributed by atoms with E-state index in [9.17, 15) is 50.8 Å². The van der Waals surface area contributed by atoms with Crippen LogP contribution < -0.4 is 19.6 Å². The predicted octanol–water partition coefficient (Wildman–Crippen LogP) is -2.47. The topological polar surface area (TPSA) is 258 Å². The number of phenolic OH excluding ortho intramolecular Hbond substituents is 1. The molecule has 44 heavy (non-hydrogen) atoms. The number of hydrogen-bond acceptors (Lipinski definition) is 16. The van der Waals surface area contributed by atoms with Gasteiger partial charge in [-0.1, -0.05) is 0 Å². The Bertz CT molecular complexity index is 1500. The van der Waals surface area contributed by atoms with Crippen molar-refractivity contribution in [3.8, 4) is 34.3 Å². The average molecular weight is 625 g/mol. The van der Waals surface area contributed by atoms with Crippen molar-refractivity contribution in [2.45, 2.75) is 61.4 Å². The highest BCUT2D eigenvalue weighted by Gasteiger charge is 2.46. The Labute approximate surface area is 248 Å². The Morgan fingerprint density at radius 3 is 1.80 bits per heavy atom. The molecule has 0 saturated carbocycles. The van der Waals surface area contributed by atoms with Gasteiger partial charge in [-0.25, -0.2) is 0 Å². The van der Waals surface area contributed by atoms with Crippen LogP contribution in [0.4, 0.5) is 0 Å². The zero-order chi connectivity index (χ0) is 31.9. The first-order valence-corrected chi connectivity index (χ1v) is 13.4. The Morgan fingerprint density at radius 2 is 1.27 bits per heavy atom. The summed E-state index contributed by atoms with van der Waals surface area (Å²) < 4.78 is 33.2. The molecule has 5 rings (SSSR count). The van der Waals surface area contributed by atoms with Crippen molar-refractivity contribution in [3.63, 3.8) is 0 Å². The minimum absolute atomic E-state index is 0.203. The van der Waals surface area contributed by atoms with Crippen molar-refractivity contribution in [1.82, 2.24) is 0 Å². The molecule has 0 spiro atoms. The molecule has 0 bridgehead atoms. The van der Waals surface area contributed by atoms with E-state index in [1.807, 2.05) is 0 Å². The number of ether oxygens (including phenoxy) is 5. The van der Waals surface area contributed by atoms with Gasteiger partial charge in [-0.2, -0.15) is 0 Å². The fourth-order valence-electron chi connectivity index (χ4n) is 4.95. The van der Waals surface area contributed by atoms with E-state index in [2.05, 4.69) is 0 Å². The number of aliphatic hydroxyl groups excluding tert-OH is 8. The van der Waals surface area contributed by atoms with Gasteiger partial charge in [-0.15, -0.1) is 0 Å². The van der Waals surface area contributed by atoms with Crippen LogP contribution in [0.15, 0.2) is 45.6 Å². The number of rotatable bonds is 8. The van der Waals surface area contributed by atoms with Gasteiger partial charge < -0.3 is 74.1 Å². The van der Waals surface area contributed by atoms with Gasteiger partial charge >= 0.3 is 0 Å². The molecule has 3 aromatic rings. The lowest BCUT2D eigenvalue weighted by molar-refractivity contribution is -0.277. The molecule has 0 aliphatic carbocycles. The van der Waals surface area contributed by atoms with Crippen LogP contribution in [0.1, 0.15) is 0 Å². The molecule has 0 radical (unpaired) electrons. The number of aromatic hydroxyl groups is 1. The fourth-order valence-corrected chi connectivity index (χ4v) is 4.95. The SMILES string of the molecule is COc1ccc(-c2oc3cc(O[C@@H]4O[C@H](CO)[C@@H](O)[C@H](O)[C@H]4O)cc(O)c3c(=O)c2O[C@@H]2O[C@H](CO)[C@@H](O)[C@H](O)[C@H]2O)cc1. The van der Waals surface area contributed by atoms with Crippen LogP contribution >= 0.6 is 0 Å². The number of aliphatic hydroxyl groups is 8. The zero-order valence-corrected chi connectivity index (χ0v) is 23.0. The Morgan fingerprint density at radius 1 is 0.727 bits per heavy atom. The lowest BCUT2D eigenvalue weighted by atomic mass is 9.99. The second-order valence-corrected chi connectivity index (χ2v) is 10.3. The Balaban J connectivity index is 1.58. The van der Waals surface area contributed by atoms with E-state index in [4.69, 9.17) is 28.1 Å². The monoisotopic (exact) mass is 624 g/mol. The molecular weight excluding hydrogens is 592 g/mol. The number of methoxy groups -OCH3 is 1. The first-order chi connectivity index (χ1) is 21.0. The molecule has 2 aromatic carbocycles. The van der Waals surface area contributed by atoms with Gasteiger partial charge in [0.1, 0.15) is 77.0 Å². The number of fused-ring (bicyclic) bond motifs is 1. The van der Waals surface area contributed by atoms with E-state index >= 15 is 0 Å². The van der Waals surface area contributed by atoms with E-state index < -0.39 is 96.9 Å². The average Bonchev–Trinajstić information content (AvgIpc) is 3.02. The van der Waals surface area contributed by atoms with Gasteiger partial charge in [0.2, 0.25) is 23.8 Å². The van der Waals surface area contributed by atoms with Crippen molar-refractivity contribution in [3.05, 3.63) is 46.6 Å². The summed E-state index contributed by atoms with van der Waals surface area (Å²) in [5.41, 5.74) is -0.948. The predicted molar refractivity (Wildman–Crippen MR) is 145 cm³/mol. The van der Waals surface area contributed by atoms with Crippen LogP contribution in [-0.2, 0) is 9.47 Å². The molecule has 16 heteroatoms.